The summed E-state index contributed by atoms with van der Waals surface area (Å²) in [6, 6.07) is 0. The molecule has 9 heavy (non-hydrogen) atoms. The molecule has 1 saturated heterocycles. The molecular formula is C5H10O3S. The average Bonchev–Trinajstić information content (AvgIpc) is 1.62. The largest absolute Gasteiger partial charge is 0.384 e. The molecule has 1 heterocycles. The smallest absolute Gasteiger partial charge is 0.151 e. The first kappa shape index (κ1) is 7.02. The molecule has 0 aromatic heterocycles. The van der Waals surface area contributed by atoms with Gasteiger partial charge in [0.05, 0.1) is 18.1 Å². The first-order valence-corrected chi connectivity index (χ1v) is 4.65. The van der Waals surface area contributed by atoms with Gasteiger partial charge < -0.3 is 4.74 Å². The lowest BCUT2D eigenvalue weighted by atomic mass is 10.2. The number of sulfone groups is 1. The molecule has 0 aromatic carbocycles. The Bertz CT molecular complexity index is 170. The second-order valence-electron chi connectivity index (χ2n) is 2.40. The monoisotopic (exact) mass is 150 g/mol. The summed E-state index contributed by atoms with van der Waals surface area (Å²) in [4.78, 5) is 0. The van der Waals surface area contributed by atoms with E-state index in [-0.39, 0.29) is 5.92 Å². The van der Waals surface area contributed by atoms with E-state index in [2.05, 4.69) is 0 Å². The van der Waals surface area contributed by atoms with Crippen molar-refractivity contribution in [2.24, 2.45) is 5.92 Å². The third-order valence-electron chi connectivity index (χ3n) is 1.38. The van der Waals surface area contributed by atoms with E-state index in [9.17, 15) is 8.42 Å². The lowest BCUT2D eigenvalue weighted by Gasteiger charge is -2.24. The predicted molar refractivity (Wildman–Crippen MR) is 34.0 cm³/mol. The van der Waals surface area contributed by atoms with Gasteiger partial charge in [-0.25, -0.2) is 8.42 Å². The van der Waals surface area contributed by atoms with E-state index in [4.69, 9.17) is 4.74 Å². The van der Waals surface area contributed by atoms with Crippen molar-refractivity contribution in [1.29, 1.82) is 0 Å². The van der Waals surface area contributed by atoms with E-state index in [1.807, 2.05) is 0 Å². The van der Waals surface area contributed by atoms with Crippen LogP contribution < -0.4 is 0 Å². The molecule has 0 aromatic rings. The summed E-state index contributed by atoms with van der Waals surface area (Å²) in [6.45, 7) is 0.583. The van der Waals surface area contributed by atoms with Crippen LogP contribution in [0.4, 0.5) is 0 Å². The summed E-state index contributed by atoms with van der Waals surface area (Å²) < 4.78 is 25.8. The molecule has 4 heteroatoms. The molecule has 1 aliphatic rings. The maximum atomic E-state index is 10.5. The molecule has 0 spiro atoms. The second-order valence-corrected chi connectivity index (χ2v) is 4.55. The highest BCUT2D eigenvalue weighted by Crippen LogP contribution is 2.17. The maximum Gasteiger partial charge on any atom is 0.151 e. The number of methoxy groups -OCH3 is 1. The summed E-state index contributed by atoms with van der Waals surface area (Å²) >= 11 is 0. The summed E-state index contributed by atoms with van der Waals surface area (Å²) in [6.07, 6.45) is 0. The molecule has 0 radical (unpaired) electrons. The minimum absolute atomic E-state index is 0.264. The van der Waals surface area contributed by atoms with Crippen LogP contribution >= 0.6 is 0 Å². The van der Waals surface area contributed by atoms with Gasteiger partial charge in [-0.2, -0.15) is 0 Å². The van der Waals surface area contributed by atoms with Gasteiger partial charge in [0.15, 0.2) is 9.84 Å². The van der Waals surface area contributed by atoms with E-state index in [0.29, 0.717) is 18.1 Å². The standard InChI is InChI=1S/C5H10O3S/c1-8-2-5-3-9(6,7)4-5/h5H,2-4H2,1H3. The molecule has 0 atom stereocenters. The third-order valence-corrected chi connectivity index (χ3v) is 3.34. The first-order valence-electron chi connectivity index (χ1n) is 2.83. The fourth-order valence-electron chi connectivity index (χ4n) is 1.00. The Morgan fingerprint density at radius 3 is 2.44 bits per heavy atom. The summed E-state index contributed by atoms with van der Waals surface area (Å²) in [7, 11) is -1.04. The van der Waals surface area contributed by atoms with Gasteiger partial charge in [-0.15, -0.1) is 0 Å². The molecular weight excluding hydrogens is 140 g/mol. The maximum absolute atomic E-state index is 10.5. The fourth-order valence-corrected chi connectivity index (χ4v) is 2.53. The molecule has 54 valence electrons. The minimum Gasteiger partial charge on any atom is -0.384 e. The van der Waals surface area contributed by atoms with Crippen LogP contribution in [0.25, 0.3) is 0 Å². The van der Waals surface area contributed by atoms with Gasteiger partial charge in [0, 0.05) is 13.0 Å². The Morgan fingerprint density at radius 1 is 1.56 bits per heavy atom. The number of hydrogen-bond donors (Lipinski definition) is 0. The van der Waals surface area contributed by atoms with Gasteiger partial charge in [0.2, 0.25) is 0 Å². The Kier molecular flexibility index (Phi) is 1.77. The average molecular weight is 150 g/mol. The van der Waals surface area contributed by atoms with Crippen molar-refractivity contribution < 1.29 is 13.2 Å². The van der Waals surface area contributed by atoms with Gasteiger partial charge in [0.25, 0.3) is 0 Å². The number of rotatable bonds is 2. The zero-order valence-corrected chi connectivity index (χ0v) is 6.15. The van der Waals surface area contributed by atoms with Gasteiger partial charge in [-0.1, -0.05) is 0 Å². The molecule has 0 unspecified atom stereocenters. The molecule has 0 amide bonds. The zero-order chi connectivity index (χ0) is 6.91. The van der Waals surface area contributed by atoms with Crippen LogP contribution in [0.1, 0.15) is 0 Å². The SMILES string of the molecule is COCC1CS(=O)(=O)C1. The second kappa shape index (κ2) is 2.27. The van der Waals surface area contributed by atoms with E-state index < -0.39 is 9.84 Å². The Labute approximate surface area is 54.9 Å². The van der Waals surface area contributed by atoms with Crippen LogP contribution in [0.3, 0.4) is 0 Å². The van der Waals surface area contributed by atoms with Crippen molar-refractivity contribution >= 4 is 9.84 Å². The summed E-state index contributed by atoms with van der Waals surface area (Å²) in [5.74, 6) is 0.904. The molecule has 3 nitrogen and oxygen atoms in total. The normalized spacial score (nSPS) is 25.4. The Morgan fingerprint density at radius 2 is 2.11 bits per heavy atom. The lowest BCUT2D eigenvalue weighted by Crippen LogP contribution is -2.38. The van der Waals surface area contributed by atoms with Crippen LogP contribution in [-0.2, 0) is 14.6 Å². The molecule has 1 fully saturated rings. The summed E-state index contributed by atoms with van der Waals surface area (Å²) in [5, 5.41) is 0. The van der Waals surface area contributed by atoms with Gasteiger partial charge >= 0.3 is 0 Å². The van der Waals surface area contributed by atoms with Crippen molar-refractivity contribution in [3.8, 4) is 0 Å². The van der Waals surface area contributed by atoms with Crippen molar-refractivity contribution in [2.75, 3.05) is 25.2 Å². The lowest BCUT2D eigenvalue weighted by molar-refractivity contribution is 0.163. The molecule has 0 aliphatic carbocycles. The Balaban J connectivity index is 2.28. The van der Waals surface area contributed by atoms with Crippen LogP contribution in [0.15, 0.2) is 0 Å². The highest BCUT2D eigenvalue weighted by Gasteiger charge is 2.32. The zero-order valence-electron chi connectivity index (χ0n) is 5.33. The van der Waals surface area contributed by atoms with E-state index in [0.717, 1.165) is 0 Å². The minimum atomic E-state index is -2.63. The van der Waals surface area contributed by atoms with Crippen LogP contribution in [0, 0.1) is 5.92 Å². The molecule has 1 rings (SSSR count). The van der Waals surface area contributed by atoms with Crippen LogP contribution in [-0.4, -0.2) is 33.6 Å². The molecule has 0 saturated carbocycles. The van der Waals surface area contributed by atoms with E-state index in [1.165, 1.54) is 0 Å². The third kappa shape index (κ3) is 1.66. The van der Waals surface area contributed by atoms with Crippen LogP contribution in [0.5, 0.6) is 0 Å². The quantitative estimate of drug-likeness (QED) is 0.541. The molecule has 1 aliphatic heterocycles. The number of hydrogen-bond acceptors (Lipinski definition) is 3. The van der Waals surface area contributed by atoms with Crippen LogP contribution in [0.2, 0.25) is 0 Å². The van der Waals surface area contributed by atoms with Crippen molar-refractivity contribution in [1.82, 2.24) is 0 Å². The molecule has 0 bridgehead atoms. The summed E-state index contributed by atoms with van der Waals surface area (Å²) in [5.41, 5.74) is 0. The number of ether oxygens (including phenoxy) is 1. The van der Waals surface area contributed by atoms with Crippen molar-refractivity contribution in [2.45, 2.75) is 0 Å². The topological polar surface area (TPSA) is 43.4 Å². The highest BCUT2D eigenvalue weighted by atomic mass is 32.2. The van der Waals surface area contributed by atoms with Gasteiger partial charge in [-0.05, 0) is 0 Å². The first-order chi connectivity index (χ1) is 4.14. The van der Waals surface area contributed by atoms with Gasteiger partial charge in [-0.3, -0.25) is 0 Å². The van der Waals surface area contributed by atoms with Gasteiger partial charge in [0.1, 0.15) is 0 Å². The molecule has 0 N–H and O–H groups in total. The van der Waals surface area contributed by atoms with Crippen molar-refractivity contribution in [3.63, 3.8) is 0 Å². The Hall–Kier alpha value is -0.0900. The van der Waals surface area contributed by atoms with Crippen molar-refractivity contribution in [3.05, 3.63) is 0 Å². The van der Waals surface area contributed by atoms with E-state index >= 15 is 0 Å². The highest BCUT2D eigenvalue weighted by molar-refractivity contribution is 7.92. The predicted octanol–water partition coefficient (Wildman–Crippen LogP) is -0.323. The fraction of sp³-hybridized carbons (Fsp3) is 1.00. The van der Waals surface area contributed by atoms with E-state index in [1.54, 1.807) is 7.11 Å².